The Morgan fingerprint density at radius 3 is 2.73 bits per heavy atom. The summed E-state index contributed by atoms with van der Waals surface area (Å²) in [4.78, 5) is 0. The van der Waals surface area contributed by atoms with Crippen LogP contribution in [0.1, 0.15) is 12.2 Å². The highest BCUT2D eigenvalue weighted by Crippen LogP contribution is 2.12. The maximum Gasteiger partial charge on any atom is 0.193 e. The van der Waals surface area contributed by atoms with Gasteiger partial charge in [-0.05, 0) is 36.7 Å². The number of nitrogens with one attached hydrogen (secondary N) is 1. The lowest BCUT2D eigenvalue weighted by molar-refractivity contribution is 0.484. The van der Waals surface area contributed by atoms with E-state index in [1.807, 2.05) is 0 Å². The van der Waals surface area contributed by atoms with Gasteiger partial charge in [0.2, 0.25) is 0 Å². The molecule has 0 amide bonds. The van der Waals surface area contributed by atoms with E-state index in [-0.39, 0.29) is 5.75 Å². The van der Waals surface area contributed by atoms with Gasteiger partial charge in [-0.25, -0.2) is 8.42 Å². The van der Waals surface area contributed by atoms with Crippen LogP contribution in [0.3, 0.4) is 0 Å². The lowest BCUT2D eigenvalue weighted by atomic mass is 10.4. The highest BCUT2D eigenvalue weighted by atomic mass is 35.5. The number of hydrogen-bond donors (Lipinski definition) is 1. The highest BCUT2D eigenvalue weighted by Gasteiger charge is 2.02. The topological polar surface area (TPSA) is 59.3 Å². The van der Waals surface area contributed by atoms with Crippen LogP contribution in [0, 0.1) is 0 Å². The molecule has 0 saturated heterocycles. The van der Waals surface area contributed by atoms with Crippen LogP contribution in [-0.4, -0.2) is 27.0 Å². The number of furan rings is 1. The number of sulfone groups is 1. The molecule has 0 bridgehead atoms. The third-order valence-electron chi connectivity index (χ3n) is 1.80. The molecule has 1 rings (SSSR count). The number of hydrogen-bond acceptors (Lipinski definition) is 4. The Bertz CT molecular complexity index is 399. The molecule has 0 unspecified atom stereocenters. The SMILES string of the molecule is CS(=O)(=O)CCCNCc1ccc(Cl)o1. The maximum absolute atomic E-state index is 10.8. The fourth-order valence-corrected chi connectivity index (χ4v) is 1.95. The molecular formula is C9H14ClNO3S. The Hall–Kier alpha value is -0.520. The molecule has 0 aliphatic rings. The van der Waals surface area contributed by atoms with Gasteiger partial charge in [0.25, 0.3) is 0 Å². The van der Waals surface area contributed by atoms with E-state index in [9.17, 15) is 8.42 Å². The molecule has 0 fully saturated rings. The van der Waals surface area contributed by atoms with E-state index in [1.165, 1.54) is 6.26 Å². The minimum Gasteiger partial charge on any atom is -0.448 e. The van der Waals surface area contributed by atoms with Gasteiger partial charge in [-0.3, -0.25) is 0 Å². The van der Waals surface area contributed by atoms with E-state index >= 15 is 0 Å². The Morgan fingerprint density at radius 1 is 1.47 bits per heavy atom. The summed E-state index contributed by atoms with van der Waals surface area (Å²) in [5.41, 5.74) is 0. The van der Waals surface area contributed by atoms with Crippen molar-refractivity contribution in [3.63, 3.8) is 0 Å². The molecule has 86 valence electrons. The van der Waals surface area contributed by atoms with E-state index in [0.717, 1.165) is 5.76 Å². The van der Waals surface area contributed by atoms with Gasteiger partial charge < -0.3 is 9.73 Å². The summed E-state index contributed by atoms with van der Waals surface area (Å²) in [6, 6.07) is 3.46. The predicted octanol–water partition coefficient (Wildman–Crippen LogP) is 1.46. The first-order chi connectivity index (χ1) is 6.97. The van der Waals surface area contributed by atoms with Gasteiger partial charge in [0, 0.05) is 6.26 Å². The van der Waals surface area contributed by atoms with E-state index < -0.39 is 9.84 Å². The number of halogens is 1. The Balaban J connectivity index is 2.12. The second-order valence-corrected chi connectivity index (χ2v) is 6.00. The van der Waals surface area contributed by atoms with Crippen molar-refractivity contribution < 1.29 is 12.8 Å². The van der Waals surface area contributed by atoms with Crippen molar-refractivity contribution in [2.24, 2.45) is 0 Å². The molecule has 1 N–H and O–H groups in total. The molecule has 4 nitrogen and oxygen atoms in total. The molecule has 0 spiro atoms. The fraction of sp³-hybridized carbons (Fsp3) is 0.556. The van der Waals surface area contributed by atoms with E-state index in [2.05, 4.69) is 5.32 Å². The van der Waals surface area contributed by atoms with Crippen molar-refractivity contribution in [3.05, 3.63) is 23.1 Å². The van der Waals surface area contributed by atoms with Crippen LogP contribution in [0.15, 0.2) is 16.5 Å². The fourth-order valence-electron chi connectivity index (χ4n) is 1.12. The number of rotatable bonds is 6. The second kappa shape index (κ2) is 5.53. The van der Waals surface area contributed by atoms with Crippen LogP contribution < -0.4 is 5.32 Å². The predicted molar refractivity (Wildman–Crippen MR) is 59.8 cm³/mol. The van der Waals surface area contributed by atoms with Crippen molar-refractivity contribution >= 4 is 21.4 Å². The van der Waals surface area contributed by atoms with Gasteiger partial charge >= 0.3 is 0 Å². The quantitative estimate of drug-likeness (QED) is 0.778. The Kier molecular flexibility index (Phi) is 4.63. The normalized spacial score (nSPS) is 11.9. The highest BCUT2D eigenvalue weighted by molar-refractivity contribution is 7.90. The summed E-state index contributed by atoms with van der Waals surface area (Å²) in [7, 11) is -2.85. The van der Waals surface area contributed by atoms with Gasteiger partial charge in [-0.15, -0.1) is 0 Å². The summed E-state index contributed by atoms with van der Waals surface area (Å²) in [5, 5.41) is 3.43. The van der Waals surface area contributed by atoms with Crippen LogP contribution in [0.25, 0.3) is 0 Å². The maximum atomic E-state index is 10.8. The Morgan fingerprint density at radius 2 is 2.20 bits per heavy atom. The van der Waals surface area contributed by atoms with Gasteiger partial charge in [0.15, 0.2) is 5.22 Å². The third-order valence-corrected chi connectivity index (χ3v) is 3.03. The third kappa shape index (κ3) is 5.81. The lowest BCUT2D eigenvalue weighted by Crippen LogP contribution is -2.17. The molecule has 0 aliphatic heterocycles. The molecular weight excluding hydrogens is 238 g/mol. The monoisotopic (exact) mass is 251 g/mol. The minimum absolute atomic E-state index is 0.207. The Labute approximate surface area is 94.5 Å². The van der Waals surface area contributed by atoms with Crippen molar-refractivity contribution in [2.45, 2.75) is 13.0 Å². The molecule has 1 heterocycles. The molecule has 15 heavy (non-hydrogen) atoms. The zero-order valence-corrected chi connectivity index (χ0v) is 10.1. The summed E-state index contributed by atoms with van der Waals surface area (Å²) in [5.74, 6) is 0.957. The van der Waals surface area contributed by atoms with Gasteiger partial charge in [-0.2, -0.15) is 0 Å². The van der Waals surface area contributed by atoms with Gasteiger partial charge in [0.05, 0.1) is 12.3 Å². The summed E-state index contributed by atoms with van der Waals surface area (Å²) >= 11 is 5.59. The van der Waals surface area contributed by atoms with Crippen molar-refractivity contribution in [1.29, 1.82) is 0 Å². The average Bonchev–Trinajstić information content (AvgIpc) is 2.49. The zero-order chi connectivity index (χ0) is 11.3. The molecule has 1 aromatic heterocycles. The van der Waals surface area contributed by atoms with Crippen LogP contribution >= 0.6 is 11.6 Å². The van der Waals surface area contributed by atoms with Crippen molar-refractivity contribution in [3.8, 4) is 0 Å². The summed E-state index contributed by atoms with van der Waals surface area (Å²) in [6.07, 6.45) is 1.84. The summed E-state index contributed by atoms with van der Waals surface area (Å²) < 4.78 is 26.7. The second-order valence-electron chi connectivity index (χ2n) is 3.37. The van der Waals surface area contributed by atoms with Crippen LogP contribution in [0.4, 0.5) is 0 Å². The van der Waals surface area contributed by atoms with E-state index in [4.69, 9.17) is 16.0 Å². The molecule has 0 radical (unpaired) electrons. The minimum atomic E-state index is -2.85. The molecule has 0 aliphatic carbocycles. The zero-order valence-electron chi connectivity index (χ0n) is 8.49. The summed E-state index contributed by atoms with van der Waals surface area (Å²) in [6.45, 7) is 1.21. The first-order valence-electron chi connectivity index (χ1n) is 4.60. The molecule has 1 aromatic rings. The largest absolute Gasteiger partial charge is 0.448 e. The van der Waals surface area contributed by atoms with E-state index in [0.29, 0.717) is 24.7 Å². The van der Waals surface area contributed by atoms with Crippen LogP contribution in [-0.2, 0) is 16.4 Å². The molecule has 0 saturated carbocycles. The van der Waals surface area contributed by atoms with Crippen molar-refractivity contribution in [2.75, 3.05) is 18.6 Å². The van der Waals surface area contributed by atoms with Gasteiger partial charge in [0.1, 0.15) is 15.6 Å². The average molecular weight is 252 g/mol. The van der Waals surface area contributed by atoms with Crippen LogP contribution in [0.2, 0.25) is 5.22 Å². The standard InChI is InChI=1S/C9H14ClNO3S/c1-15(12,13)6-2-5-11-7-8-3-4-9(10)14-8/h3-4,11H,2,5-7H2,1H3. The van der Waals surface area contributed by atoms with Crippen molar-refractivity contribution in [1.82, 2.24) is 5.32 Å². The van der Waals surface area contributed by atoms with Gasteiger partial charge in [-0.1, -0.05) is 0 Å². The van der Waals surface area contributed by atoms with Crippen LogP contribution in [0.5, 0.6) is 0 Å². The smallest absolute Gasteiger partial charge is 0.193 e. The first kappa shape index (κ1) is 12.5. The lowest BCUT2D eigenvalue weighted by Gasteiger charge is -2.01. The molecule has 0 aromatic carbocycles. The first-order valence-corrected chi connectivity index (χ1v) is 7.04. The molecule has 6 heteroatoms. The van der Waals surface area contributed by atoms with E-state index in [1.54, 1.807) is 12.1 Å². The molecule has 0 atom stereocenters.